The first-order valence-corrected chi connectivity index (χ1v) is 15.7. The lowest BCUT2D eigenvalue weighted by molar-refractivity contribution is -0.128. The summed E-state index contributed by atoms with van der Waals surface area (Å²) in [4.78, 5) is 21.4. The second-order valence-electron chi connectivity index (χ2n) is 12.4. The number of rotatable bonds is 13. The predicted molar refractivity (Wildman–Crippen MR) is 162 cm³/mol. The Morgan fingerprint density at radius 1 is 1.08 bits per heavy atom. The average Bonchev–Trinajstić information content (AvgIpc) is 3.28. The van der Waals surface area contributed by atoms with Crippen LogP contribution in [-0.4, -0.2) is 92.4 Å². The largest absolute Gasteiger partial charge is 0.339 e. The van der Waals surface area contributed by atoms with Crippen molar-refractivity contribution in [2.24, 2.45) is 29.2 Å². The average molecular weight is 542 g/mol. The van der Waals surface area contributed by atoms with Gasteiger partial charge in [0.25, 0.3) is 0 Å². The molecule has 0 radical (unpaired) electrons. The molecule has 3 atom stereocenters. The van der Waals surface area contributed by atoms with Gasteiger partial charge in [-0.2, -0.15) is 0 Å². The van der Waals surface area contributed by atoms with Crippen LogP contribution in [0.4, 0.5) is 5.69 Å². The summed E-state index contributed by atoms with van der Waals surface area (Å²) in [7, 11) is 0. The van der Waals surface area contributed by atoms with E-state index in [1.165, 1.54) is 25.7 Å². The monoisotopic (exact) mass is 541 g/mol. The maximum atomic E-state index is 13.9. The Morgan fingerprint density at radius 3 is 2.38 bits per heavy atom. The molecule has 1 unspecified atom stereocenters. The van der Waals surface area contributed by atoms with E-state index >= 15 is 0 Å². The van der Waals surface area contributed by atoms with E-state index in [-0.39, 0.29) is 17.9 Å². The minimum absolute atomic E-state index is 0.194. The van der Waals surface area contributed by atoms with Crippen LogP contribution in [0.15, 0.2) is 30.3 Å². The standard InChI is InChI=1S/C31H55N7O/c1-4-29(34-17-21-36(19-15-32)20-16-33)28-22-37(26-12-10-25(11-13-26)24(2)3)18-14-31(28)30(39)35-23-38(31)27-8-6-5-7-9-27/h5-9,24-26,28-29,34H,4,10-23,32-33H2,1-3H3,(H,35,39)/t25?,26?,28-,29?,31-/m0/s1. The lowest BCUT2D eigenvalue weighted by atomic mass is 9.70. The Morgan fingerprint density at radius 2 is 1.77 bits per heavy atom. The molecular weight excluding hydrogens is 486 g/mol. The van der Waals surface area contributed by atoms with E-state index < -0.39 is 5.54 Å². The molecule has 0 bridgehead atoms. The third-order valence-corrected chi connectivity index (χ3v) is 10.0. The summed E-state index contributed by atoms with van der Waals surface area (Å²) in [5.41, 5.74) is 12.3. The third kappa shape index (κ3) is 6.79. The van der Waals surface area contributed by atoms with E-state index in [1.54, 1.807) is 0 Å². The molecular formula is C31H55N7O. The first-order chi connectivity index (χ1) is 18.9. The number of nitrogens with two attached hydrogens (primary N) is 2. The zero-order valence-electron chi connectivity index (χ0n) is 24.8. The summed E-state index contributed by atoms with van der Waals surface area (Å²) < 4.78 is 0. The molecule has 4 rings (SSSR count). The third-order valence-electron chi connectivity index (χ3n) is 10.0. The van der Waals surface area contributed by atoms with Crippen molar-refractivity contribution in [2.75, 3.05) is 63.9 Å². The second kappa shape index (κ2) is 14.3. The summed E-state index contributed by atoms with van der Waals surface area (Å²) in [6.45, 7) is 14.4. The van der Waals surface area contributed by atoms with Crippen LogP contribution in [0.25, 0.3) is 0 Å². The van der Waals surface area contributed by atoms with Gasteiger partial charge in [0.1, 0.15) is 5.54 Å². The number of hydrogen-bond donors (Lipinski definition) is 4. The second-order valence-corrected chi connectivity index (χ2v) is 12.4. The fourth-order valence-corrected chi connectivity index (χ4v) is 7.71. The molecule has 2 saturated heterocycles. The van der Waals surface area contributed by atoms with Crippen molar-refractivity contribution >= 4 is 11.6 Å². The zero-order valence-corrected chi connectivity index (χ0v) is 24.8. The Labute approximate surface area is 237 Å². The first kappa shape index (κ1) is 30.3. The van der Waals surface area contributed by atoms with Gasteiger partial charge in [0.2, 0.25) is 5.91 Å². The lowest BCUT2D eigenvalue weighted by Gasteiger charge is -2.53. The predicted octanol–water partition coefficient (Wildman–Crippen LogP) is 2.44. The molecule has 1 aromatic rings. The molecule has 8 heteroatoms. The maximum absolute atomic E-state index is 13.9. The molecule has 39 heavy (non-hydrogen) atoms. The molecule has 2 aliphatic heterocycles. The van der Waals surface area contributed by atoms with E-state index in [2.05, 4.69) is 76.4 Å². The van der Waals surface area contributed by atoms with Crippen molar-refractivity contribution in [1.29, 1.82) is 0 Å². The van der Waals surface area contributed by atoms with Crippen LogP contribution in [0, 0.1) is 17.8 Å². The molecule has 3 aliphatic rings. The summed E-state index contributed by atoms with van der Waals surface area (Å²) in [6, 6.07) is 11.4. The van der Waals surface area contributed by atoms with E-state index in [4.69, 9.17) is 11.5 Å². The van der Waals surface area contributed by atoms with Crippen LogP contribution in [0.3, 0.4) is 0 Å². The number of amides is 1. The van der Waals surface area contributed by atoms with Gasteiger partial charge in [-0.3, -0.25) is 14.6 Å². The quantitative estimate of drug-likeness (QED) is 0.304. The highest BCUT2D eigenvalue weighted by atomic mass is 16.2. The normalized spacial score (nSPS) is 28.9. The van der Waals surface area contributed by atoms with Crippen LogP contribution in [-0.2, 0) is 4.79 Å². The van der Waals surface area contributed by atoms with Crippen LogP contribution >= 0.6 is 0 Å². The Bertz CT molecular complexity index is 869. The summed E-state index contributed by atoms with van der Waals surface area (Å²) in [5.74, 6) is 2.03. The van der Waals surface area contributed by atoms with Gasteiger partial charge in [0.15, 0.2) is 0 Å². The molecule has 1 saturated carbocycles. The maximum Gasteiger partial charge on any atom is 0.247 e. The molecule has 6 N–H and O–H groups in total. The summed E-state index contributed by atoms with van der Waals surface area (Å²) in [5, 5.41) is 7.18. The molecule has 1 amide bonds. The van der Waals surface area contributed by atoms with E-state index in [1.807, 2.05) is 0 Å². The molecule has 8 nitrogen and oxygen atoms in total. The van der Waals surface area contributed by atoms with Crippen molar-refractivity contribution in [3.8, 4) is 0 Å². The first-order valence-electron chi connectivity index (χ1n) is 15.7. The van der Waals surface area contributed by atoms with Crippen LogP contribution in [0.2, 0.25) is 0 Å². The van der Waals surface area contributed by atoms with Gasteiger partial charge in [-0.15, -0.1) is 0 Å². The topological polar surface area (TPSA) is 103 Å². The van der Waals surface area contributed by atoms with E-state index in [0.717, 1.165) is 69.6 Å². The van der Waals surface area contributed by atoms with Crippen molar-refractivity contribution in [3.63, 3.8) is 0 Å². The number of carbonyl (C=O) groups is 1. The number of hydrogen-bond acceptors (Lipinski definition) is 7. The number of nitrogens with one attached hydrogen (secondary N) is 2. The summed E-state index contributed by atoms with van der Waals surface area (Å²) in [6.07, 6.45) is 7.10. The SMILES string of the molecule is CCC(NCCN(CCN)CCN)[C@@H]1CN(C2CCC(C(C)C)CC2)CC[C@@]12C(=O)NCN2c1ccccc1. The zero-order chi connectivity index (χ0) is 27.8. The van der Waals surface area contributed by atoms with Crippen LogP contribution in [0.1, 0.15) is 59.3 Å². The number of benzene rings is 1. The number of para-hydroxylation sites is 1. The molecule has 1 spiro atoms. The minimum Gasteiger partial charge on any atom is -0.339 e. The van der Waals surface area contributed by atoms with E-state index in [9.17, 15) is 4.79 Å². The highest BCUT2D eigenvalue weighted by molar-refractivity contribution is 5.94. The fraction of sp³-hybridized carbons (Fsp3) is 0.774. The van der Waals surface area contributed by atoms with Gasteiger partial charge in [-0.25, -0.2) is 0 Å². The number of piperidine rings is 1. The number of carbonyl (C=O) groups excluding carboxylic acids is 1. The number of likely N-dealkylation sites (tertiary alicyclic amines) is 1. The highest BCUT2D eigenvalue weighted by Crippen LogP contribution is 2.44. The van der Waals surface area contributed by atoms with Gasteiger partial charge >= 0.3 is 0 Å². The molecule has 220 valence electrons. The molecule has 3 fully saturated rings. The number of anilines is 1. The Kier molecular flexibility index (Phi) is 11.1. The van der Waals surface area contributed by atoms with E-state index in [0.29, 0.717) is 25.8 Å². The van der Waals surface area contributed by atoms with Gasteiger partial charge in [0, 0.05) is 76.0 Å². The molecule has 0 aromatic heterocycles. The highest BCUT2D eigenvalue weighted by Gasteiger charge is 2.58. The molecule has 1 aromatic carbocycles. The summed E-state index contributed by atoms with van der Waals surface area (Å²) >= 11 is 0. The van der Waals surface area contributed by atoms with Gasteiger partial charge in [0.05, 0.1) is 6.67 Å². The smallest absolute Gasteiger partial charge is 0.247 e. The van der Waals surface area contributed by atoms with Crippen molar-refractivity contribution < 1.29 is 4.79 Å². The minimum atomic E-state index is -0.533. The fourth-order valence-electron chi connectivity index (χ4n) is 7.71. The lowest BCUT2D eigenvalue weighted by Crippen LogP contribution is -2.68. The number of nitrogens with zero attached hydrogens (tertiary/aromatic N) is 3. The molecule has 1 aliphatic carbocycles. The molecule has 2 heterocycles. The Balaban J connectivity index is 1.56. The van der Waals surface area contributed by atoms with Gasteiger partial charge < -0.3 is 27.0 Å². The Hall–Kier alpha value is -1.71. The van der Waals surface area contributed by atoms with Crippen LogP contribution in [0.5, 0.6) is 0 Å². The van der Waals surface area contributed by atoms with Crippen molar-refractivity contribution in [2.45, 2.75) is 76.9 Å². The van der Waals surface area contributed by atoms with Gasteiger partial charge in [-0.05, 0) is 62.5 Å². The van der Waals surface area contributed by atoms with Crippen molar-refractivity contribution in [3.05, 3.63) is 30.3 Å². The van der Waals surface area contributed by atoms with Crippen molar-refractivity contribution in [1.82, 2.24) is 20.4 Å². The van der Waals surface area contributed by atoms with Gasteiger partial charge in [-0.1, -0.05) is 39.0 Å². The van der Waals surface area contributed by atoms with Crippen LogP contribution < -0.4 is 27.0 Å².